The van der Waals surface area contributed by atoms with Crippen LogP contribution in [-0.4, -0.2) is 82.6 Å². The molecule has 0 heterocycles. The van der Waals surface area contributed by atoms with Crippen molar-refractivity contribution in [3.8, 4) is 5.75 Å². The van der Waals surface area contributed by atoms with Crippen LogP contribution in [0.3, 0.4) is 0 Å². The van der Waals surface area contributed by atoms with Gasteiger partial charge >= 0.3 is 0 Å². The molecule has 1 aromatic rings. The third-order valence-electron chi connectivity index (χ3n) is 7.17. The van der Waals surface area contributed by atoms with Crippen LogP contribution in [-0.2, 0) is 20.8 Å². The highest BCUT2D eigenvalue weighted by atomic mass is 16.3. The molecule has 3 aliphatic carbocycles. The van der Waals surface area contributed by atoms with Gasteiger partial charge in [0, 0.05) is 31.3 Å². The molecule has 1 fully saturated rings. The highest BCUT2D eigenvalue weighted by molar-refractivity contribution is 6.24. The van der Waals surface area contributed by atoms with Crippen LogP contribution in [0.15, 0.2) is 29.0 Å². The summed E-state index contributed by atoms with van der Waals surface area (Å²) in [5.41, 5.74) is -0.405. The molecule has 1 amide bonds. The summed E-state index contributed by atoms with van der Waals surface area (Å²) in [5.74, 6) is -1.29. The van der Waals surface area contributed by atoms with E-state index < -0.39 is 58.0 Å². The van der Waals surface area contributed by atoms with Gasteiger partial charge in [-0.15, -0.1) is 0 Å². The summed E-state index contributed by atoms with van der Waals surface area (Å²) in [6, 6.07) is 1.99. The lowest BCUT2D eigenvalue weighted by Gasteiger charge is -2.50. The lowest BCUT2D eigenvalue weighted by molar-refractivity contribution is -0.153. The van der Waals surface area contributed by atoms with Crippen LogP contribution in [0.4, 0.5) is 5.69 Å². The Morgan fingerprint density at radius 3 is 2.35 bits per heavy atom. The second-order valence-electron chi connectivity index (χ2n) is 9.42. The minimum atomic E-state index is -2.64. The Bertz CT molecular complexity index is 1190. The number of hydrogen-bond acceptors (Lipinski definition) is 10. The number of carbonyl (C=O) groups excluding carboxylic acids is 3. The van der Waals surface area contributed by atoms with Crippen LogP contribution in [0.5, 0.6) is 5.75 Å². The summed E-state index contributed by atoms with van der Waals surface area (Å²) >= 11 is 0. The summed E-state index contributed by atoms with van der Waals surface area (Å²) in [5, 5.41) is 44.2. The van der Waals surface area contributed by atoms with Crippen molar-refractivity contribution in [2.24, 2.45) is 17.7 Å². The van der Waals surface area contributed by atoms with E-state index in [1.807, 2.05) is 19.0 Å². The van der Waals surface area contributed by atoms with Gasteiger partial charge in [0.2, 0.25) is 5.78 Å². The van der Waals surface area contributed by atoms with Crippen LogP contribution in [0.2, 0.25) is 0 Å². The molecule has 1 saturated carbocycles. The molecule has 4 rings (SSSR count). The summed E-state index contributed by atoms with van der Waals surface area (Å²) in [6.45, 7) is 0. The molecule has 7 N–H and O–H groups in total. The largest absolute Gasteiger partial charge is 0.508 e. The maximum absolute atomic E-state index is 13.8. The predicted molar refractivity (Wildman–Crippen MR) is 122 cm³/mol. The number of aliphatic hydroxyl groups is 3. The molecule has 0 saturated heterocycles. The average Bonchev–Trinajstić information content (AvgIpc) is 2.75. The Balaban J connectivity index is 1.99. The van der Waals surface area contributed by atoms with Gasteiger partial charge in [0.1, 0.15) is 22.8 Å². The van der Waals surface area contributed by atoms with Gasteiger partial charge in [-0.2, -0.15) is 0 Å². The number of aliphatic hydroxyl groups excluding tert-OH is 2. The zero-order valence-corrected chi connectivity index (χ0v) is 19.3. The second-order valence-corrected chi connectivity index (χ2v) is 9.42. The van der Waals surface area contributed by atoms with Crippen LogP contribution in [0.25, 0.3) is 5.76 Å². The number of anilines is 1. The van der Waals surface area contributed by atoms with Crippen molar-refractivity contribution in [3.63, 3.8) is 0 Å². The van der Waals surface area contributed by atoms with Gasteiger partial charge < -0.3 is 25.3 Å². The number of benzene rings is 1. The number of hydrazine groups is 1. The van der Waals surface area contributed by atoms with E-state index in [9.17, 15) is 34.8 Å². The number of phenolic OH excluding ortho intramolecular Hbond substituents is 1. The fourth-order valence-corrected chi connectivity index (χ4v) is 5.70. The summed E-state index contributed by atoms with van der Waals surface area (Å²) in [6.07, 6.45) is 0.309. The van der Waals surface area contributed by atoms with Crippen LogP contribution >= 0.6 is 0 Å². The van der Waals surface area contributed by atoms with Crippen LogP contribution in [0.1, 0.15) is 17.5 Å². The number of hydrogen-bond donors (Lipinski definition) is 6. The number of amides is 1. The molecule has 3 unspecified atom stereocenters. The number of Topliss-reactive ketones (excluding diaryl/α,β-unsaturated/α-hetero) is 2. The van der Waals surface area contributed by atoms with Crippen molar-refractivity contribution < 1.29 is 34.8 Å². The number of aromatic hydroxyl groups is 1. The molecule has 1 aromatic carbocycles. The third-order valence-corrected chi connectivity index (χ3v) is 7.17. The number of nitrogens with two attached hydrogens (primary N) is 1. The van der Waals surface area contributed by atoms with E-state index in [0.29, 0.717) is 5.56 Å². The molecule has 4 atom stereocenters. The normalized spacial score (nSPS) is 28.5. The van der Waals surface area contributed by atoms with Crippen LogP contribution < -0.4 is 16.2 Å². The van der Waals surface area contributed by atoms with E-state index in [4.69, 9.17) is 5.84 Å². The number of nitrogens with one attached hydrogen (secondary N) is 1. The van der Waals surface area contributed by atoms with Crippen LogP contribution in [0, 0.1) is 11.8 Å². The third kappa shape index (κ3) is 2.97. The number of phenols is 1. The van der Waals surface area contributed by atoms with Gasteiger partial charge in [0.05, 0.1) is 11.6 Å². The first kappa shape index (κ1) is 23.7. The van der Waals surface area contributed by atoms with Gasteiger partial charge in [-0.05, 0) is 50.6 Å². The number of rotatable bonds is 3. The zero-order chi connectivity index (χ0) is 25.3. The first-order valence-corrected chi connectivity index (χ1v) is 10.8. The maximum atomic E-state index is 13.8. The van der Waals surface area contributed by atoms with Crippen molar-refractivity contribution in [2.75, 3.05) is 33.1 Å². The smallest absolute Gasteiger partial charge is 0.272 e. The Labute approximate surface area is 195 Å². The molecule has 0 bridgehead atoms. The Morgan fingerprint density at radius 1 is 1.15 bits per heavy atom. The SMILES string of the molecule is CN(C)c1ccc(O)c2c1CC1CC3[C@H](N(C)C)C(=O)C(C(=O)NN)=C(O)C3(O)C(=O)C1=C2O. The first-order valence-electron chi connectivity index (χ1n) is 10.8. The lowest BCUT2D eigenvalue weighted by Crippen LogP contribution is -2.66. The van der Waals surface area contributed by atoms with Crippen molar-refractivity contribution >= 4 is 28.9 Å². The predicted octanol–water partition coefficient (Wildman–Crippen LogP) is -0.465. The molecule has 0 aromatic heterocycles. The molecular formula is C23H28N4O7. The van der Waals surface area contributed by atoms with Gasteiger partial charge in [0.25, 0.3) is 5.91 Å². The summed E-state index contributed by atoms with van der Waals surface area (Å²) in [4.78, 5) is 42.6. The topological polar surface area (TPSA) is 177 Å². The molecule has 0 radical (unpaired) electrons. The van der Waals surface area contributed by atoms with E-state index >= 15 is 0 Å². The highest BCUT2D eigenvalue weighted by Gasteiger charge is 2.64. The Hall–Kier alpha value is -3.41. The number of likely N-dealkylation sites (N-methyl/N-ethyl adjacent to an activating group) is 1. The van der Waals surface area contributed by atoms with E-state index in [-0.39, 0.29) is 29.7 Å². The van der Waals surface area contributed by atoms with Crippen molar-refractivity contribution in [1.82, 2.24) is 10.3 Å². The Kier molecular flexibility index (Phi) is 5.46. The fourth-order valence-electron chi connectivity index (χ4n) is 5.70. The standard InChI is InChI=1S/C23H28N4O7/c1-26(2)12-5-6-13(28)15-10(12)7-9-8-11-17(27(3)4)19(30)16(22(33)25-24)21(32)23(11,34)20(31)14(9)18(15)29/h5-6,9,11,17,28-29,32,34H,7-8,24H2,1-4H3,(H,25,33)/t9?,11?,17-,23?/m0/s1. The van der Waals surface area contributed by atoms with Crippen molar-refractivity contribution in [2.45, 2.75) is 24.5 Å². The number of ketones is 2. The number of nitrogens with zero attached hydrogens (tertiary/aromatic N) is 2. The fraction of sp³-hybridized carbons (Fsp3) is 0.435. The van der Waals surface area contributed by atoms with Crippen molar-refractivity contribution in [1.29, 1.82) is 0 Å². The molecule has 3 aliphatic rings. The molecular weight excluding hydrogens is 444 g/mol. The Morgan fingerprint density at radius 2 is 1.79 bits per heavy atom. The van der Waals surface area contributed by atoms with Gasteiger partial charge in [-0.3, -0.25) is 24.7 Å². The first-order chi connectivity index (χ1) is 15.9. The lowest BCUT2D eigenvalue weighted by atomic mass is 9.57. The zero-order valence-electron chi connectivity index (χ0n) is 19.3. The monoisotopic (exact) mass is 472 g/mol. The summed E-state index contributed by atoms with van der Waals surface area (Å²) in [7, 11) is 6.74. The molecule has 11 nitrogen and oxygen atoms in total. The minimum absolute atomic E-state index is 0.0553. The van der Waals surface area contributed by atoms with Gasteiger partial charge in [0.15, 0.2) is 11.4 Å². The van der Waals surface area contributed by atoms with Crippen molar-refractivity contribution in [3.05, 3.63) is 40.2 Å². The molecule has 0 aliphatic heterocycles. The molecule has 182 valence electrons. The van der Waals surface area contributed by atoms with E-state index in [0.717, 1.165) is 5.69 Å². The van der Waals surface area contributed by atoms with Gasteiger partial charge in [-0.25, -0.2) is 5.84 Å². The number of carbonyl (C=O) groups is 3. The summed E-state index contributed by atoms with van der Waals surface area (Å²) < 4.78 is 0. The molecule has 34 heavy (non-hydrogen) atoms. The van der Waals surface area contributed by atoms with E-state index in [1.54, 1.807) is 25.6 Å². The van der Waals surface area contributed by atoms with E-state index in [2.05, 4.69) is 0 Å². The number of fused-ring (bicyclic) bond motifs is 3. The second kappa shape index (κ2) is 7.83. The van der Waals surface area contributed by atoms with Gasteiger partial charge in [-0.1, -0.05) is 0 Å². The van der Waals surface area contributed by atoms with E-state index in [1.165, 1.54) is 11.0 Å². The minimum Gasteiger partial charge on any atom is -0.508 e. The maximum Gasteiger partial charge on any atom is 0.272 e. The molecule has 11 heteroatoms. The average molecular weight is 472 g/mol. The highest BCUT2D eigenvalue weighted by Crippen LogP contribution is 2.53. The molecule has 0 spiro atoms. The quantitative estimate of drug-likeness (QED) is 0.146.